The van der Waals surface area contributed by atoms with Gasteiger partial charge in [-0.3, -0.25) is 24.5 Å². The zero-order chi connectivity index (χ0) is 40.5. The van der Waals surface area contributed by atoms with Crippen LogP contribution in [0.25, 0.3) is 11.4 Å². The molecule has 1 aromatic carbocycles. The minimum absolute atomic E-state index is 0.0333. The third-order valence-electron chi connectivity index (χ3n) is 10.9. The summed E-state index contributed by atoms with van der Waals surface area (Å²) in [5, 5.41) is 30.9. The number of piperazine rings is 1. The molecule has 3 fully saturated rings. The van der Waals surface area contributed by atoms with Gasteiger partial charge in [-0.15, -0.1) is 0 Å². The predicted molar refractivity (Wildman–Crippen MR) is 198 cm³/mol. The van der Waals surface area contributed by atoms with E-state index >= 15 is 0 Å². The summed E-state index contributed by atoms with van der Waals surface area (Å²) in [6, 6.07) is 6.98. The van der Waals surface area contributed by atoms with Crippen LogP contribution in [0.4, 0.5) is 18.9 Å². The number of aromatic amines is 2. The third-order valence-corrected chi connectivity index (χ3v) is 11.2. The van der Waals surface area contributed by atoms with Crippen molar-refractivity contribution < 1.29 is 47.0 Å². The molecule has 20 heteroatoms. The summed E-state index contributed by atoms with van der Waals surface area (Å²) in [6.45, 7) is 5.26. The van der Waals surface area contributed by atoms with Crippen LogP contribution in [0.3, 0.4) is 0 Å². The van der Waals surface area contributed by atoms with Crippen molar-refractivity contribution in [2.24, 2.45) is 11.8 Å². The molecule has 3 saturated heterocycles. The number of carboxylic acids is 1. The van der Waals surface area contributed by atoms with Gasteiger partial charge in [-0.1, -0.05) is 11.6 Å². The number of anilines is 1. The van der Waals surface area contributed by atoms with E-state index in [1.807, 2.05) is 5.10 Å². The maximum Gasteiger partial charge on any atom is 0.433 e. The number of aliphatic carboxylic acids is 1. The van der Waals surface area contributed by atoms with Gasteiger partial charge in [0.1, 0.15) is 17.1 Å². The molecule has 6 heterocycles. The fourth-order valence-corrected chi connectivity index (χ4v) is 8.12. The van der Waals surface area contributed by atoms with Crippen LogP contribution in [-0.2, 0) is 22.2 Å². The lowest BCUT2D eigenvalue weighted by atomic mass is 9.90. The minimum atomic E-state index is -4.76. The van der Waals surface area contributed by atoms with Crippen LogP contribution in [-0.4, -0.2) is 139 Å². The third kappa shape index (κ3) is 8.89. The number of amides is 3. The van der Waals surface area contributed by atoms with Crippen molar-refractivity contribution in [1.82, 2.24) is 40.3 Å². The summed E-state index contributed by atoms with van der Waals surface area (Å²) in [6.07, 6.45) is -1.53. The van der Waals surface area contributed by atoms with E-state index in [1.54, 1.807) is 9.80 Å². The van der Waals surface area contributed by atoms with E-state index in [-0.39, 0.29) is 81.2 Å². The molecule has 57 heavy (non-hydrogen) atoms. The van der Waals surface area contributed by atoms with Crippen molar-refractivity contribution in [3.8, 4) is 17.1 Å². The van der Waals surface area contributed by atoms with Gasteiger partial charge in [0.2, 0.25) is 5.91 Å². The van der Waals surface area contributed by atoms with Gasteiger partial charge in [-0.25, -0.2) is 9.78 Å². The van der Waals surface area contributed by atoms with Crippen molar-refractivity contribution >= 4 is 41.0 Å². The number of nitrogens with zero attached hydrogens (tertiary/aromatic N) is 6. The summed E-state index contributed by atoms with van der Waals surface area (Å²) >= 11 is 6.51. The number of likely N-dealkylation sites (tertiary alicyclic amines) is 1. The van der Waals surface area contributed by atoms with Crippen molar-refractivity contribution in [2.75, 3.05) is 70.8 Å². The second-order valence-corrected chi connectivity index (χ2v) is 15.3. The number of carbonyl (C=O) groups excluding carboxylic acids is 3. The highest BCUT2D eigenvalue weighted by Gasteiger charge is 2.42. The Kier molecular flexibility index (Phi) is 11.2. The predicted octanol–water partition coefficient (Wildman–Crippen LogP) is 3.23. The molecule has 4 aromatic rings. The summed E-state index contributed by atoms with van der Waals surface area (Å²) < 4.78 is 42.0. The van der Waals surface area contributed by atoms with Crippen LogP contribution in [0.2, 0.25) is 5.02 Å². The number of benzene rings is 1. The first-order valence-corrected chi connectivity index (χ1v) is 18.9. The van der Waals surface area contributed by atoms with Gasteiger partial charge in [-0.05, 0) is 30.3 Å². The summed E-state index contributed by atoms with van der Waals surface area (Å²) in [4.78, 5) is 65.8. The Bertz CT molecular complexity index is 2140. The van der Waals surface area contributed by atoms with Gasteiger partial charge in [0.05, 0.1) is 42.1 Å². The van der Waals surface area contributed by atoms with Crippen molar-refractivity contribution in [3.05, 3.63) is 76.1 Å². The Morgan fingerprint density at radius 3 is 2.32 bits per heavy atom. The standard InChI is InChI=1S/C37H40ClF3N10O6/c38-28-14-23(46-34(55)33-44-17-24(45-33)13-27-31(29-4-2-25(52)18-43-29)47-48-32(27)37(39,40)41)1-3-26(28)36(57)50-9-7-49(8-10-50)35(56)22-5-11-51(12-6-22,20-30(53)54)19-21-15-42-16-21/h1-4,14,17-18,21-22,42H,5-13,15-16,19-20H2,(H4-,43,44,45,46,47,48,52,53,54,55,57)/p+1. The van der Waals surface area contributed by atoms with E-state index in [2.05, 4.69) is 30.7 Å². The number of piperidine rings is 1. The van der Waals surface area contributed by atoms with Gasteiger partial charge < -0.3 is 40.1 Å². The first kappa shape index (κ1) is 39.7. The Hall–Kier alpha value is -5.53. The smallest absolute Gasteiger partial charge is 0.433 e. The molecule has 0 unspecified atom stereocenters. The summed E-state index contributed by atoms with van der Waals surface area (Å²) in [7, 11) is 0. The van der Waals surface area contributed by atoms with Crippen LogP contribution in [0, 0.1) is 11.8 Å². The normalized spacial score (nSPS) is 20.2. The molecule has 16 nitrogen and oxygen atoms in total. The molecule has 3 aliphatic heterocycles. The maximum atomic E-state index is 13.8. The Balaban J connectivity index is 0.926. The molecule has 0 atom stereocenters. The Morgan fingerprint density at radius 1 is 0.982 bits per heavy atom. The molecule has 0 spiro atoms. The number of carboxylic acid groups (broad SMARTS) is 1. The number of halogens is 4. The second-order valence-electron chi connectivity index (χ2n) is 14.8. The molecule has 3 aromatic heterocycles. The first-order valence-electron chi connectivity index (χ1n) is 18.5. The number of aromatic hydroxyl groups is 1. The second kappa shape index (κ2) is 16.1. The fourth-order valence-electron chi connectivity index (χ4n) is 7.86. The molecular formula is C37H41ClF3N10O6+. The number of quaternary nitrogens is 1. The highest BCUT2D eigenvalue weighted by Crippen LogP contribution is 2.36. The number of hydrogen-bond donors (Lipinski definition) is 6. The summed E-state index contributed by atoms with van der Waals surface area (Å²) in [5.41, 5.74) is -0.688. The van der Waals surface area contributed by atoms with E-state index in [1.165, 1.54) is 36.5 Å². The number of alkyl halides is 3. The van der Waals surface area contributed by atoms with Gasteiger partial charge in [0.15, 0.2) is 12.4 Å². The number of nitrogens with one attached hydrogen (secondary N) is 4. The molecular weight excluding hydrogens is 773 g/mol. The van der Waals surface area contributed by atoms with Gasteiger partial charge in [0, 0.05) is 93.5 Å². The number of imidazole rings is 1. The molecule has 0 bridgehead atoms. The van der Waals surface area contributed by atoms with Crippen LogP contribution in [0.1, 0.15) is 50.8 Å². The fraction of sp³-hybridized carbons (Fsp3) is 0.432. The van der Waals surface area contributed by atoms with E-state index < -0.39 is 23.7 Å². The molecule has 7 rings (SSSR count). The maximum absolute atomic E-state index is 13.8. The van der Waals surface area contributed by atoms with E-state index in [4.69, 9.17) is 11.6 Å². The number of pyridine rings is 1. The highest BCUT2D eigenvalue weighted by molar-refractivity contribution is 6.34. The largest absolute Gasteiger partial charge is 0.506 e. The highest BCUT2D eigenvalue weighted by atomic mass is 35.5. The minimum Gasteiger partial charge on any atom is -0.506 e. The molecule has 3 aliphatic rings. The first-order chi connectivity index (χ1) is 27.2. The summed E-state index contributed by atoms with van der Waals surface area (Å²) in [5.74, 6) is -1.92. The molecule has 3 amide bonds. The average molecular weight is 814 g/mol. The quantitative estimate of drug-likeness (QED) is 0.122. The van der Waals surface area contributed by atoms with E-state index in [9.17, 15) is 42.6 Å². The Morgan fingerprint density at radius 2 is 1.70 bits per heavy atom. The van der Waals surface area contributed by atoms with Crippen molar-refractivity contribution in [3.63, 3.8) is 0 Å². The molecule has 302 valence electrons. The topological polar surface area (TPSA) is 210 Å². The van der Waals surface area contributed by atoms with Crippen LogP contribution in [0.15, 0.2) is 42.7 Å². The number of hydrogen-bond acceptors (Lipinski definition) is 9. The lowest BCUT2D eigenvalue weighted by molar-refractivity contribution is -0.929. The zero-order valence-corrected chi connectivity index (χ0v) is 31.4. The molecule has 0 aliphatic carbocycles. The van der Waals surface area contributed by atoms with Crippen LogP contribution in [0.5, 0.6) is 5.75 Å². The van der Waals surface area contributed by atoms with Crippen molar-refractivity contribution in [1.29, 1.82) is 0 Å². The van der Waals surface area contributed by atoms with Crippen molar-refractivity contribution in [2.45, 2.75) is 25.4 Å². The number of rotatable bonds is 11. The van der Waals surface area contributed by atoms with Crippen LogP contribution >= 0.6 is 11.6 Å². The molecule has 0 radical (unpaired) electrons. The van der Waals surface area contributed by atoms with Gasteiger partial charge >= 0.3 is 12.1 Å². The number of aromatic nitrogens is 5. The lowest BCUT2D eigenvalue weighted by Gasteiger charge is -2.46. The number of H-pyrrole nitrogens is 2. The zero-order valence-electron chi connectivity index (χ0n) is 30.6. The van der Waals surface area contributed by atoms with Crippen LogP contribution < -0.4 is 10.6 Å². The molecule has 6 N–H and O–H groups in total. The lowest BCUT2D eigenvalue weighted by Crippen LogP contribution is -2.62. The van der Waals surface area contributed by atoms with Gasteiger partial charge in [0.25, 0.3) is 11.8 Å². The number of carbonyl (C=O) groups is 4. The van der Waals surface area contributed by atoms with E-state index in [0.717, 1.165) is 25.8 Å². The monoisotopic (exact) mass is 813 g/mol. The Labute approximate surface area is 329 Å². The van der Waals surface area contributed by atoms with E-state index in [0.29, 0.717) is 62.5 Å². The van der Waals surface area contributed by atoms with Gasteiger partial charge in [-0.2, -0.15) is 18.3 Å². The molecule has 0 saturated carbocycles. The average Bonchev–Trinajstić information content (AvgIpc) is 3.81. The SMILES string of the molecule is O=C(O)C[N+]1(CC2CNC2)CCC(C(=O)N2CCN(C(=O)c3ccc(NC(=O)c4ncc(Cc5c(-c6ccc(O)cn6)n[nH]c5C(F)(F)F)[nH]4)cc3Cl)CC2)CC1.